The van der Waals surface area contributed by atoms with E-state index in [0.717, 1.165) is 17.7 Å². The Morgan fingerprint density at radius 1 is 1.07 bits per heavy atom. The van der Waals surface area contributed by atoms with E-state index in [2.05, 4.69) is 24.2 Å². The molecule has 0 bridgehead atoms. The van der Waals surface area contributed by atoms with Gasteiger partial charge in [-0.05, 0) is 49.1 Å². The van der Waals surface area contributed by atoms with Crippen molar-refractivity contribution in [2.24, 2.45) is 11.3 Å². The van der Waals surface area contributed by atoms with Crippen LogP contribution in [0.25, 0.3) is 11.3 Å². The predicted molar refractivity (Wildman–Crippen MR) is 154 cm³/mol. The summed E-state index contributed by atoms with van der Waals surface area (Å²) in [5.41, 5.74) is 1.34. The molecule has 210 valence electrons. The maximum absolute atomic E-state index is 13.4. The highest BCUT2D eigenvalue weighted by Gasteiger charge is 2.43. The van der Waals surface area contributed by atoms with Gasteiger partial charge in [0.1, 0.15) is 18.8 Å². The van der Waals surface area contributed by atoms with Gasteiger partial charge in [0, 0.05) is 29.1 Å². The van der Waals surface area contributed by atoms with Gasteiger partial charge < -0.3 is 9.80 Å². The van der Waals surface area contributed by atoms with Crippen molar-refractivity contribution in [2.45, 2.75) is 33.2 Å². The van der Waals surface area contributed by atoms with Crippen LogP contribution in [0.15, 0.2) is 48.7 Å². The molecular weight excluding hydrogens is 575 g/mol. The van der Waals surface area contributed by atoms with Crippen molar-refractivity contribution in [1.82, 2.24) is 24.8 Å². The molecule has 1 unspecified atom stereocenters. The van der Waals surface area contributed by atoms with Crippen LogP contribution in [0.2, 0.25) is 15.1 Å². The smallest absolute Gasteiger partial charge is 0.332 e. The molecule has 9 nitrogen and oxygen atoms in total. The summed E-state index contributed by atoms with van der Waals surface area (Å²) in [6.07, 6.45) is 3.54. The van der Waals surface area contributed by atoms with Gasteiger partial charge in [0.15, 0.2) is 0 Å². The van der Waals surface area contributed by atoms with Crippen LogP contribution in [0.3, 0.4) is 0 Å². The third kappa shape index (κ3) is 5.55. The standard InChI is InChI=1S/C28H29Cl3N6O3/c1-18(2)28(17-36-13-23(32-33-36)26-21(30)8-4-9-22(26)31)10-5-11-34(16-28)24(38)14-35-15-25(39)37(27(35)40)20-7-3-6-19(29)12-20/h3-4,6-9,12-13,18H,5,10-11,14-17H2,1-2H3. The Bertz CT molecular complexity index is 1440. The molecule has 2 aliphatic rings. The van der Waals surface area contributed by atoms with Crippen LogP contribution in [-0.2, 0) is 16.1 Å². The van der Waals surface area contributed by atoms with Crippen molar-refractivity contribution in [3.05, 3.63) is 63.7 Å². The molecule has 2 aromatic carbocycles. The lowest BCUT2D eigenvalue weighted by molar-refractivity contribution is -0.136. The van der Waals surface area contributed by atoms with E-state index >= 15 is 0 Å². The van der Waals surface area contributed by atoms with E-state index in [-0.39, 0.29) is 30.3 Å². The zero-order valence-electron chi connectivity index (χ0n) is 22.2. The third-order valence-corrected chi connectivity index (χ3v) is 8.72. The third-order valence-electron chi connectivity index (χ3n) is 7.85. The lowest BCUT2D eigenvalue weighted by Gasteiger charge is -2.45. The number of likely N-dealkylation sites (tertiary alicyclic amines) is 1. The van der Waals surface area contributed by atoms with Crippen LogP contribution >= 0.6 is 34.8 Å². The number of halogens is 3. The number of carbonyl (C=O) groups excluding carboxylic acids is 3. The molecule has 2 aliphatic heterocycles. The molecule has 0 aliphatic carbocycles. The fourth-order valence-electron chi connectivity index (χ4n) is 5.52. The summed E-state index contributed by atoms with van der Waals surface area (Å²) >= 11 is 18.8. The first-order valence-corrected chi connectivity index (χ1v) is 14.2. The quantitative estimate of drug-likeness (QED) is 0.326. The summed E-state index contributed by atoms with van der Waals surface area (Å²) in [6.45, 7) is 5.58. The first-order valence-electron chi connectivity index (χ1n) is 13.1. The van der Waals surface area contributed by atoms with Crippen molar-refractivity contribution < 1.29 is 14.4 Å². The lowest BCUT2D eigenvalue weighted by atomic mass is 9.71. The number of hydrogen-bond acceptors (Lipinski definition) is 5. The van der Waals surface area contributed by atoms with E-state index in [1.807, 2.05) is 6.20 Å². The Hall–Kier alpha value is -3.14. The van der Waals surface area contributed by atoms with Crippen molar-refractivity contribution >= 4 is 58.3 Å². The van der Waals surface area contributed by atoms with Gasteiger partial charge >= 0.3 is 6.03 Å². The molecule has 4 amide bonds. The number of carbonyl (C=O) groups is 3. The van der Waals surface area contributed by atoms with Crippen LogP contribution in [0, 0.1) is 11.3 Å². The van der Waals surface area contributed by atoms with E-state index in [1.165, 1.54) is 4.90 Å². The molecule has 1 aromatic heterocycles. The van der Waals surface area contributed by atoms with Gasteiger partial charge in [-0.1, -0.05) is 66.0 Å². The summed E-state index contributed by atoms with van der Waals surface area (Å²) in [6, 6.07) is 11.3. The number of benzene rings is 2. The molecule has 0 N–H and O–H groups in total. The SMILES string of the molecule is CC(C)C1(Cn2cc(-c3c(Cl)cccc3Cl)nn2)CCCN(C(=O)CN2CC(=O)N(c3cccc(Cl)c3)C2=O)C1. The molecule has 5 rings (SSSR count). The topological polar surface area (TPSA) is 91.6 Å². The van der Waals surface area contributed by atoms with E-state index in [0.29, 0.717) is 51.6 Å². The average Bonchev–Trinajstić information content (AvgIpc) is 3.47. The van der Waals surface area contributed by atoms with Gasteiger partial charge in [0.2, 0.25) is 5.91 Å². The second-order valence-corrected chi connectivity index (χ2v) is 11.9. The van der Waals surface area contributed by atoms with Crippen molar-refractivity contribution in [3.8, 4) is 11.3 Å². The fraction of sp³-hybridized carbons (Fsp3) is 0.393. The number of aromatic nitrogens is 3. The Balaban J connectivity index is 1.29. The summed E-state index contributed by atoms with van der Waals surface area (Å²) < 4.78 is 1.79. The van der Waals surface area contributed by atoms with Gasteiger partial charge in [0.25, 0.3) is 5.91 Å². The van der Waals surface area contributed by atoms with E-state index in [4.69, 9.17) is 34.8 Å². The van der Waals surface area contributed by atoms with Crippen LogP contribution in [-0.4, -0.2) is 68.8 Å². The van der Waals surface area contributed by atoms with Crippen molar-refractivity contribution in [2.75, 3.05) is 31.1 Å². The van der Waals surface area contributed by atoms with E-state index < -0.39 is 11.9 Å². The molecular formula is C28H29Cl3N6O3. The van der Waals surface area contributed by atoms with Gasteiger partial charge in [-0.2, -0.15) is 0 Å². The highest BCUT2D eigenvalue weighted by atomic mass is 35.5. The molecule has 3 aromatic rings. The number of nitrogens with zero attached hydrogens (tertiary/aromatic N) is 6. The first-order chi connectivity index (χ1) is 19.1. The highest BCUT2D eigenvalue weighted by Crippen LogP contribution is 2.40. The largest absolute Gasteiger partial charge is 0.341 e. The Labute approximate surface area is 247 Å². The van der Waals surface area contributed by atoms with Gasteiger partial charge in [0.05, 0.1) is 28.5 Å². The minimum atomic E-state index is -0.527. The molecule has 2 saturated heterocycles. The number of imide groups is 1. The summed E-state index contributed by atoms with van der Waals surface area (Å²) in [4.78, 5) is 43.3. The average molecular weight is 604 g/mol. The van der Waals surface area contributed by atoms with E-state index in [1.54, 1.807) is 52.0 Å². The Morgan fingerprint density at radius 2 is 1.80 bits per heavy atom. The zero-order valence-corrected chi connectivity index (χ0v) is 24.5. The van der Waals surface area contributed by atoms with Gasteiger partial charge in [-0.3, -0.25) is 14.3 Å². The number of piperidine rings is 1. The summed E-state index contributed by atoms with van der Waals surface area (Å²) in [7, 11) is 0. The van der Waals surface area contributed by atoms with Gasteiger partial charge in [-0.25, -0.2) is 9.69 Å². The molecule has 0 spiro atoms. The number of hydrogen-bond donors (Lipinski definition) is 0. The highest BCUT2D eigenvalue weighted by molar-refractivity contribution is 6.39. The Morgan fingerprint density at radius 3 is 2.50 bits per heavy atom. The maximum Gasteiger partial charge on any atom is 0.332 e. The molecule has 40 heavy (non-hydrogen) atoms. The second-order valence-electron chi connectivity index (χ2n) is 10.7. The summed E-state index contributed by atoms with van der Waals surface area (Å²) in [5, 5.41) is 10.1. The van der Waals surface area contributed by atoms with E-state index in [9.17, 15) is 14.4 Å². The number of amides is 4. The van der Waals surface area contributed by atoms with Crippen LogP contribution < -0.4 is 4.90 Å². The first kappa shape index (κ1) is 28.4. The molecule has 3 heterocycles. The monoisotopic (exact) mass is 602 g/mol. The minimum Gasteiger partial charge on any atom is -0.341 e. The molecule has 0 radical (unpaired) electrons. The van der Waals surface area contributed by atoms with Gasteiger partial charge in [-0.15, -0.1) is 5.10 Å². The second kappa shape index (κ2) is 11.4. The van der Waals surface area contributed by atoms with Crippen LogP contribution in [0.5, 0.6) is 0 Å². The molecule has 0 saturated carbocycles. The fourth-order valence-corrected chi connectivity index (χ4v) is 6.29. The number of anilines is 1. The molecule has 1 atom stereocenters. The van der Waals surface area contributed by atoms with Crippen LogP contribution in [0.4, 0.5) is 10.5 Å². The number of urea groups is 1. The molecule has 2 fully saturated rings. The zero-order chi connectivity index (χ0) is 28.6. The predicted octanol–water partition coefficient (Wildman–Crippen LogP) is 5.64. The number of rotatable bonds is 7. The van der Waals surface area contributed by atoms with Crippen molar-refractivity contribution in [3.63, 3.8) is 0 Å². The maximum atomic E-state index is 13.4. The summed E-state index contributed by atoms with van der Waals surface area (Å²) in [5.74, 6) is -0.357. The van der Waals surface area contributed by atoms with Crippen LogP contribution in [0.1, 0.15) is 26.7 Å². The minimum absolute atomic E-state index is 0.160. The normalized spacial score (nSPS) is 19.7. The molecule has 12 heteroatoms. The Kier molecular flexibility index (Phi) is 8.08. The lowest BCUT2D eigenvalue weighted by Crippen LogP contribution is -2.52. The van der Waals surface area contributed by atoms with Crippen molar-refractivity contribution in [1.29, 1.82) is 0 Å².